The molecule has 2 unspecified atom stereocenters. The predicted octanol–water partition coefficient (Wildman–Crippen LogP) is 4.10. The van der Waals surface area contributed by atoms with E-state index in [2.05, 4.69) is 48.2 Å². The second kappa shape index (κ2) is 6.63. The van der Waals surface area contributed by atoms with E-state index in [1.165, 1.54) is 15.3 Å². The maximum Gasteiger partial charge on any atom is 0.307 e. The van der Waals surface area contributed by atoms with Crippen molar-refractivity contribution in [1.29, 1.82) is 0 Å². The first-order chi connectivity index (χ1) is 10.6. The molecule has 0 bridgehead atoms. The van der Waals surface area contributed by atoms with Crippen LogP contribution < -0.4 is 0 Å². The number of hydrogen-bond donors (Lipinski definition) is 1. The van der Waals surface area contributed by atoms with Crippen molar-refractivity contribution in [3.8, 4) is 10.4 Å². The fourth-order valence-electron chi connectivity index (χ4n) is 3.02. The Bertz CT molecular complexity index is 638. The third kappa shape index (κ3) is 3.39. The minimum Gasteiger partial charge on any atom is -0.481 e. The third-order valence-electron chi connectivity index (χ3n) is 4.44. The lowest BCUT2D eigenvalue weighted by Crippen LogP contribution is -2.43. The molecule has 0 aliphatic carbocycles. The van der Waals surface area contributed by atoms with Crippen LogP contribution in [0, 0.1) is 5.92 Å². The van der Waals surface area contributed by atoms with Crippen LogP contribution in [0.3, 0.4) is 0 Å². The summed E-state index contributed by atoms with van der Waals surface area (Å²) in [5, 5.41) is 9.24. The third-order valence-corrected chi connectivity index (χ3v) is 5.56. The maximum absolute atomic E-state index is 11.2. The monoisotopic (exact) mass is 315 g/mol. The van der Waals surface area contributed by atoms with Crippen molar-refractivity contribution in [3.63, 3.8) is 0 Å². The number of carbonyl (C=O) groups is 1. The van der Waals surface area contributed by atoms with Crippen LogP contribution in [0.15, 0.2) is 42.5 Å². The SMILES string of the molecule is CC1CCC(C(=O)O)CN1Cc1ccc(-c2ccccc2)s1. The van der Waals surface area contributed by atoms with Crippen molar-refractivity contribution < 1.29 is 9.90 Å². The number of hydrogen-bond acceptors (Lipinski definition) is 3. The minimum absolute atomic E-state index is 0.218. The molecule has 1 aliphatic rings. The molecule has 116 valence electrons. The van der Waals surface area contributed by atoms with E-state index in [9.17, 15) is 9.90 Å². The molecule has 0 amide bonds. The number of benzene rings is 1. The summed E-state index contributed by atoms with van der Waals surface area (Å²) in [6.07, 6.45) is 1.76. The number of likely N-dealkylation sites (tertiary alicyclic amines) is 1. The van der Waals surface area contributed by atoms with Gasteiger partial charge < -0.3 is 5.11 Å². The Kier molecular flexibility index (Phi) is 4.60. The van der Waals surface area contributed by atoms with Gasteiger partial charge in [0.2, 0.25) is 0 Å². The number of rotatable bonds is 4. The first-order valence-electron chi connectivity index (χ1n) is 7.74. The lowest BCUT2D eigenvalue weighted by Gasteiger charge is -2.36. The summed E-state index contributed by atoms with van der Waals surface area (Å²) < 4.78 is 0. The van der Waals surface area contributed by atoms with E-state index in [4.69, 9.17) is 0 Å². The lowest BCUT2D eigenvalue weighted by molar-refractivity contribution is -0.144. The Morgan fingerprint density at radius 2 is 2.00 bits per heavy atom. The van der Waals surface area contributed by atoms with Crippen LogP contribution in [0.5, 0.6) is 0 Å². The number of carboxylic acids is 1. The largest absolute Gasteiger partial charge is 0.481 e. The van der Waals surface area contributed by atoms with Gasteiger partial charge in [-0.15, -0.1) is 11.3 Å². The van der Waals surface area contributed by atoms with Crippen LogP contribution >= 0.6 is 11.3 Å². The first-order valence-corrected chi connectivity index (χ1v) is 8.56. The molecule has 0 saturated carbocycles. The molecular weight excluding hydrogens is 294 g/mol. The molecule has 3 nitrogen and oxygen atoms in total. The smallest absolute Gasteiger partial charge is 0.307 e. The van der Waals surface area contributed by atoms with Crippen LogP contribution in [0.2, 0.25) is 0 Å². The van der Waals surface area contributed by atoms with Gasteiger partial charge in [0.1, 0.15) is 0 Å². The Balaban J connectivity index is 1.70. The van der Waals surface area contributed by atoms with Crippen molar-refractivity contribution in [1.82, 2.24) is 4.90 Å². The number of aliphatic carboxylic acids is 1. The van der Waals surface area contributed by atoms with E-state index < -0.39 is 5.97 Å². The van der Waals surface area contributed by atoms with E-state index in [1.54, 1.807) is 11.3 Å². The highest BCUT2D eigenvalue weighted by atomic mass is 32.1. The molecule has 1 aliphatic heterocycles. The van der Waals surface area contributed by atoms with Crippen LogP contribution in [0.1, 0.15) is 24.6 Å². The van der Waals surface area contributed by atoms with Crippen LogP contribution in [-0.2, 0) is 11.3 Å². The highest BCUT2D eigenvalue weighted by Gasteiger charge is 2.29. The average Bonchev–Trinajstić information content (AvgIpc) is 2.99. The van der Waals surface area contributed by atoms with Crippen molar-refractivity contribution in [3.05, 3.63) is 47.3 Å². The summed E-state index contributed by atoms with van der Waals surface area (Å²) in [6, 6.07) is 15.2. The van der Waals surface area contributed by atoms with E-state index in [0.29, 0.717) is 12.6 Å². The molecule has 2 heterocycles. The Morgan fingerprint density at radius 1 is 1.23 bits per heavy atom. The summed E-state index contributed by atoms with van der Waals surface area (Å²) in [4.78, 5) is 16.1. The standard InChI is InChI=1S/C18H21NO2S/c1-13-7-8-15(18(20)21)11-19(13)12-16-9-10-17(22-16)14-5-3-2-4-6-14/h2-6,9-10,13,15H,7-8,11-12H2,1H3,(H,20,21). The molecular formula is C18H21NO2S. The van der Waals surface area contributed by atoms with Gasteiger partial charge >= 0.3 is 5.97 Å². The minimum atomic E-state index is -0.659. The van der Waals surface area contributed by atoms with Crippen molar-refractivity contribution in [2.24, 2.45) is 5.92 Å². The number of nitrogens with zero attached hydrogens (tertiary/aromatic N) is 1. The predicted molar refractivity (Wildman–Crippen MR) is 90.0 cm³/mol. The van der Waals surface area contributed by atoms with E-state index >= 15 is 0 Å². The summed E-state index contributed by atoms with van der Waals surface area (Å²) in [5.74, 6) is -0.877. The molecule has 4 heteroatoms. The second-order valence-electron chi connectivity index (χ2n) is 6.02. The van der Waals surface area contributed by atoms with Gasteiger partial charge in [0.15, 0.2) is 0 Å². The normalized spacial score (nSPS) is 22.6. The van der Waals surface area contributed by atoms with Crippen LogP contribution in [0.4, 0.5) is 0 Å². The summed E-state index contributed by atoms with van der Waals surface area (Å²) >= 11 is 1.80. The number of thiophene rings is 1. The van der Waals surface area contributed by atoms with Gasteiger partial charge in [-0.3, -0.25) is 9.69 Å². The molecule has 0 spiro atoms. The van der Waals surface area contributed by atoms with Crippen molar-refractivity contribution in [2.75, 3.05) is 6.54 Å². The van der Waals surface area contributed by atoms with E-state index in [-0.39, 0.29) is 5.92 Å². The molecule has 1 aromatic carbocycles. The molecule has 1 saturated heterocycles. The molecule has 1 N–H and O–H groups in total. The Labute approximate surface area is 135 Å². The van der Waals surface area contributed by atoms with Crippen LogP contribution in [-0.4, -0.2) is 28.6 Å². The van der Waals surface area contributed by atoms with Gasteiger partial charge in [-0.1, -0.05) is 30.3 Å². The molecule has 0 radical (unpaired) electrons. The van der Waals surface area contributed by atoms with Gasteiger partial charge in [0, 0.05) is 28.9 Å². The number of piperidine rings is 1. The highest BCUT2D eigenvalue weighted by molar-refractivity contribution is 7.15. The zero-order valence-corrected chi connectivity index (χ0v) is 13.6. The second-order valence-corrected chi connectivity index (χ2v) is 7.19. The molecule has 22 heavy (non-hydrogen) atoms. The zero-order chi connectivity index (χ0) is 15.5. The first kappa shape index (κ1) is 15.3. The molecule has 3 rings (SSSR count). The lowest BCUT2D eigenvalue weighted by atomic mass is 9.93. The van der Waals surface area contributed by atoms with Crippen molar-refractivity contribution in [2.45, 2.75) is 32.4 Å². The average molecular weight is 315 g/mol. The Hall–Kier alpha value is -1.65. The number of carboxylic acid groups (broad SMARTS) is 1. The molecule has 2 atom stereocenters. The van der Waals surface area contributed by atoms with Crippen molar-refractivity contribution >= 4 is 17.3 Å². The van der Waals surface area contributed by atoms with Gasteiger partial charge in [0.05, 0.1) is 5.92 Å². The van der Waals surface area contributed by atoms with Gasteiger partial charge in [-0.25, -0.2) is 0 Å². The van der Waals surface area contributed by atoms with Crippen LogP contribution in [0.25, 0.3) is 10.4 Å². The van der Waals surface area contributed by atoms with E-state index in [0.717, 1.165) is 19.4 Å². The maximum atomic E-state index is 11.2. The summed E-state index contributed by atoms with van der Waals surface area (Å²) in [6.45, 7) is 3.71. The van der Waals surface area contributed by atoms with Gasteiger partial charge in [0.25, 0.3) is 0 Å². The summed E-state index contributed by atoms with van der Waals surface area (Å²) in [7, 11) is 0. The summed E-state index contributed by atoms with van der Waals surface area (Å²) in [5.41, 5.74) is 1.24. The van der Waals surface area contributed by atoms with E-state index in [1.807, 2.05) is 6.07 Å². The topological polar surface area (TPSA) is 40.5 Å². The van der Waals surface area contributed by atoms with Gasteiger partial charge in [-0.2, -0.15) is 0 Å². The molecule has 1 aromatic heterocycles. The quantitative estimate of drug-likeness (QED) is 0.923. The fourth-order valence-corrected chi connectivity index (χ4v) is 4.06. The fraction of sp³-hybridized carbons (Fsp3) is 0.389. The zero-order valence-electron chi connectivity index (χ0n) is 12.7. The van der Waals surface area contributed by atoms with Gasteiger partial charge in [-0.05, 0) is 37.5 Å². The molecule has 1 fully saturated rings. The Morgan fingerprint density at radius 3 is 2.73 bits per heavy atom. The highest BCUT2D eigenvalue weighted by Crippen LogP contribution is 2.30. The molecule has 2 aromatic rings.